The second-order valence-corrected chi connectivity index (χ2v) is 5.97. The molecule has 0 aromatic heterocycles. The number of rotatable bonds is 0. The molecule has 0 N–H and O–H groups in total. The van der Waals surface area contributed by atoms with Gasteiger partial charge in [0.1, 0.15) is 0 Å². The Balaban J connectivity index is 1.92. The zero-order chi connectivity index (χ0) is 13.7. The van der Waals surface area contributed by atoms with Crippen LogP contribution >= 0.6 is 0 Å². The van der Waals surface area contributed by atoms with Gasteiger partial charge in [-0.1, -0.05) is 48.5 Å². The maximum atomic E-state index is 2.38. The molecule has 0 aliphatic heterocycles. The maximum Gasteiger partial charge on any atom is -0.00171 e. The lowest BCUT2D eigenvalue weighted by Gasteiger charge is -2.23. The van der Waals surface area contributed by atoms with Gasteiger partial charge in [0.2, 0.25) is 0 Å². The fourth-order valence-electron chi connectivity index (χ4n) is 3.40. The molecule has 0 fully saturated rings. The summed E-state index contributed by atoms with van der Waals surface area (Å²) in [5.74, 6) is 0. The largest absolute Gasteiger partial charge is 0.0616 e. The van der Waals surface area contributed by atoms with Crippen LogP contribution in [0.15, 0.2) is 48.5 Å². The van der Waals surface area contributed by atoms with E-state index >= 15 is 0 Å². The topological polar surface area (TPSA) is 0 Å². The van der Waals surface area contributed by atoms with Gasteiger partial charge in [0.15, 0.2) is 0 Å². The highest BCUT2D eigenvalue weighted by Gasteiger charge is 2.18. The van der Waals surface area contributed by atoms with E-state index in [9.17, 15) is 0 Å². The molecule has 4 rings (SSSR count). The molecule has 20 heavy (non-hydrogen) atoms. The molecule has 0 amide bonds. The van der Waals surface area contributed by atoms with Gasteiger partial charge in [0, 0.05) is 0 Å². The summed E-state index contributed by atoms with van der Waals surface area (Å²) in [5, 5.41) is 2.72. The quantitative estimate of drug-likeness (QED) is 0.418. The highest BCUT2D eigenvalue weighted by atomic mass is 14.2. The Morgan fingerprint density at radius 3 is 2.05 bits per heavy atom. The zero-order valence-electron chi connectivity index (χ0n) is 12.0. The number of hydrogen-bond donors (Lipinski definition) is 0. The van der Waals surface area contributed by atoms with Crippen molar-refractivity contribution >= 4 is 10.8 Å². The van der Waals surface area contributed by atoms with Crippen molar-refractivity contribution in [2.75, 3.05) is 0 Å². The summed E-state index contributed by atoms with van der Waals surface area (Å²) in [5.41, 5.74) is 8.95. The molecule has 3 aromatic carbocycles. The van der Waals surface area contributed by atoms with Gasteiger partial charge in [-0.3, -0.25) is 0 Å². The predicted molar refractivity (Wildman–Crippen MR) is 85.5 cm³/mol. The number of benzene rings is 3. The first-order valence-electron chi connectivity index (χ1n) is 7.31. The second kappa shape index (κ2) is 4.21. The van der Waals surface area contributed by atoms with E-state index in [0.717, 1.165) is 12.8 Å². The number of aryl methyl sites for hydroxylation is 1. The van der Waals surface area contributed by atoms with Crippen molar-refractivity contribution in [2.24, 2.45) is 0 Å². The summed E-state index contributed by atoms with van der Waals surface area (Å²) >= 11 is 0. The molecular formula is C20H18. The average Bonchev–Trinajstić information content (AvgIpc) is 2.47. The molecule has 0 saturated heterocycles. The summed E-state index contributed by atoms with van der Waals surface area (Å²) in [6, 6.07) is 18.0. The highest BCUT2D eigenvalue weighted by Crippen LogP contribution is 2.32. The molecule has 0 bridgehead atoms. The summed E-state index contributed by atoms with van der Waals surface area (Å²) < 4.78 is 0. The van der Waals surface area contributed by atoms with E-state index in [1.54, 1.807) is 5.56 Å². The van der Waals surface area contributed by atoms with E-state index in [0.29, 0.717) is 0 Å². The third-order valence-corrected chi connectivity index (χ3v) is 4.78. The van der Waals surface area contributed by atoms with E-state index in [4.69, 9.17) is 0 Å². The third-order valence-electron chi connectivity index (χ3n) is 4.78. The van der Waals surface area contributed by atoms with Crippen LogP contribution in [0, 0.1) is 13.8 Å². The molecule has 3 aromatic rings. The SMILES string of the molecule is Cc1ccc2c(c1C)Cc1cc3ccccc3cc1C2. The minimum Gasteiger partial charge on any atom is -0.0616 e. The Hall–Kier alpha value is -2.08. The fourth-order valence-corrected chi connectivity index (χ4v) is 3.40. The average molecular weight is 258 g/mol. The molecule has 1 aliphatic carbocycles. The molecule has 0 atom stereocenters. The molecule has 0 heteroatoms. The molecule has 98 valence electrons. The van der Waals surface area contributed by atoms with Crippen LogP contribution in [0.4, 0.5) is 0 Å². The van der Waals surface area contributed by atoms with E-state index in [1.807, 2.05) is 0 Å². The van der Waals surface area contributed by atoms with Crippen LogP contribution in [-0.2, 0) is 12.8 Å². The van der Waals surface area contributed by atoms with Crippen molar-refractivity contribution in [2.45, 2.75) is 26.7 Å². The van der Waals surface area contributed by atoms with Crippen molar-refractivity contribution < 1.29 is 0 Å². The van der Waals surface area contributed by atoms with Crippen LogP contribution in [0.1, 0.15) is 33.4 Å². The monoisotopic (exact) mass is 258 g/mol. The van der Waals surface area contributed by atoms with Crippen LogP contribution in [0.2, 0.25) is 0 Å². The first kappa shape index (κ1) is 11.7. The van der Waals surface area contributed by atoms with Gasteiger partial charge in [-0.05, 0) is 70.8 Å². The number of fused-ring (bicyclic) bond motifs is 3. The minimum absolute atomic E-state index is 1.08. The van der Waals surface area contributed by atoms with Gasteiger partial charge >= 0.3 is 0 Å². The fraction of sp³-hybridized carbons (Fsp3) is 0.200. The summed E-state index contributed by atoms with van der Waals surface area (Å²) in [7, 11) is 0. The van der Waals surface area contributed by atoms with Crippen LogP contribution in [0.3, 0.4) is 0 Å². The highest BCUT2D eigenvalue weighted by molar-refractivity contribution is 5.84. The van der Waals surface area contributed by atoms with Gasteiger partial charge in [0.25, 0.3) is 0 Å². The van der Waals surface area contributed by atoms with Gasteiger partial charge in [-0.15, -0.1) is 0 Å². The molecule has 0 saturated carbocycles. The normalized spacial score (nSPS) is 13.1. The van der Waals surface area contributed by atoms with Gasteiger partial charge < -0.3 is 0 Å². The molecule has 0 radical (unpaired) electrons. The Kier molecular flexibility index (Phi) is 2.47. The van der Waals surface area contributed by atoms with Crippen molar-refractivity contribution in [3.05, 3.63) is 81.9 Å². The summed E-state index contributed by atoms with van der Waals surface area (Å²) in [4.78, 5) is 0. The van der Waals surface area contributed by atoms with E-state index in [-0.39, 0.29) is 0 Å². The van der Waals surface area contributed by atoms with Crippen LogP contribution < -0.4 is 0 Å². The first-order chi connectivity index (χ1) is 9.72. The lowest BCUT2D eigenvalue weighted by atomic mass is 9.82. The molecule has 0 unspecified atom stereocenters. The summed E-state index contributed by atoms with van der Waals surface area (Å²) in [6.45, 7) is 4.48. The van der Waals surface area contributed by atoms with Crippen LogP contribution in [0.5, 0.6) is 0 Å². The zero-order valence-corrected chi connectivity index (χ0v) is 12.0. The van der Waals surface area contributed by atoms with Gasteiger partial charge in [-0.2, -0.15) is 0 Å². The van der Waals surface area contributed by atoms with Crippen molar-refractivity contribution in [1.29, 1.82) is 0 Å². The van der Waals surface area contributed by atoms with Crippen LogP contribution in [0.25, 0.3) is 10.8 Å². The van der Waals surface area contributed by atoms with Crippen LogP contribution in [-0.4, -0.2) is 0 Å². The first-order valence-corrected chi connectivity index (χ1v) is 7.31. The van der Waals surface area contributed by atoms with Crippen molar-refractivity contribution in [3.63, 3.8) is 0 Å². The predicted octanol–water partition coefficient (Wildman–Crippen LogP) is 4.95. The Labute approximate surface area is 120 Å². The Morgan fingerprint density at radius 2 is 1.35 bits per heavy atom. The van der Waals surface area contributed by atoms with E-state index in [2.05, 4.69) is 62.4 Å². The minimum atomic E-state index is 1.08. The standard InChI is InChI=1S/C20H18/c1-13-7-8-17-11-18-9-15-5-3-4-6-16(15)10-19(18)12-20(17)14(13)2/h3-10H,11-12H2,1-2H3. The van der Waals surface area contributed by atoms with Gasteiger partial charge in [0.05, 0.1) is 0 Å². The van der Waals surface area contributed by atoms with E-state index in [1.165, 1.54) is 38.6 Å². The van der Waals surface area contributed by atoms with Crippen molar-refractivity contribution in [1.82, 2.24) is 0 Å². The molecular weight excluding hydrogens is 240 g/mol. The van der Waals surface area contributed by atoms with Gasteiger partial charge in [-0.25, -0.2) is 0 Å². The van der Waals surface area contributed by atoms with E-state index < -0.39 is 0 Å². The second-order valence-electron chi connectivity index (χ2n) is 5.97. The molecule has 0 heterocycles. The Bertz CT molecular complexity index is 825. The molecule has 0 spiro atoms. The number of hydrogen-bond acceptors (Lipinski definition) is 0. The lowest BCUT2D eigenvalue weighted by molar-refractivity contribution is 0.984. The Morgan fingerprint density at radius 1 is 0.700 bits per heavy atom. The summed E-state index contributed by atoms with van der Waals surface area (Å²) in [6.07, 6.45) is 2.17. The lowest BCUT2D eigenvalue weighted by Crippen LogP contribution is -2.09. The third kappa shape index (κ3) is 1.68. The smallest absolute Gasteiger partial charge is 0.00171 e. The van der Waals surface area contributed by atoms with Crippen molar-refractivity contribution in [3.8, 4) is 0 Å². The molecule has 1 aliphatic rings. The molecule has 0 nitrogen and oxygen atoms in total. The maximum absolute atomic E-state index is 2.38.